The summed E-state index contributed by atoms with van der Waals surface area (Å²) < 4.78 is 38.8. The maximum atomic E-state index is 11.5. The molecule has 26 heavy (non-hydrogen) atoms. The van der Waals surface area contributed by atoms with Gasteiger partial charge in [-0.15, -0.1) is 0 Å². The Kier molecular flexibility index (Phi) is 10.3. The SMILES string of the molecule is [2H][C@](COC(C)=O)(OC(C)=O)[C@@H](OC)[C@H](OC)[C@@H](COC(C)=O)OC(C)=O. The third-order valence-corrected chi connectivity index (χ3v) is 2.97. The largest absolute Gasteiger partial charge is 0.462 e. The van der Waals surface area contributed by atoms with Crippen molar-refractivity contribution in [2.45, 2.75) is 52.1 Å². The smallest absolute Gasteiger partial charge is 0.303 e. The maximum absolute atomic E-state index is 11.5. The van der Waals surface area contributed by atoms with Crippen molar-refractivity contribution in [3.8, 4) is 0 Å². The minimum Gasteiger partial charge on any atom is -0.462 e. The zero-order valence-electron chi connectivity index (χ0n) is 16.7. The van der Waals surface area contributed by atoms with Crippen LogP contribution in [-0.4, -0.2) is 75.7 Å². The number of carbonyl (C=O) groups excluding carboxylic acids is 4. The normalized spacial score (nSPS) is 16.9. The Morgan fingerprint density at radius 3 is 1.58 bits per heavy atom. The molecule has 0 radical (unpaired) electrons. The molecule has 10 nitrogen and oxygen atoms in total. The van der Waals surface area contributed by atoms with E-state index in [2.05, 4.69) is 0 Å². The lowest BCUT2D eigenvalue weighted by Gasteiger charge is -2.34. The first-order valence-corrected chi connectivity index (χ1v) is 7.66. The van der Waals surface area contributed by atoms with Crippen LogP contribution in [0.15, 0.2) is 0 Å². The molecule has 0 aliphatic heterocycles. The van der Waals surface area contributed by atoms with Crippen molar-refractivity contribution in [2.75, 3.05) is 27.4 Å². The Labute approximate surface area is 153 Å². The number of esters is 4. The Morgan fingerprint density at radius 1 is 0.731 bits per heavy atom. The molecule has 0 saturated carbocycles. The van der Waals surface area contributed by atoms with Crippen molar-refractivity contribution < 1.29 is 49.0 Å². The molecule has 0 fully saturated rings. The molecule has 0 aromatic rings. The number of ether oxygens (including phenoxy) is 6. The third kappa shape index (κ3) is 9.33. The van der Waals surface area contributed by atoms with E-state index in [4.69, 9.17) is 29.8 Å². The van der Waals surface area contributed by atoms with E-state index >= 15 is 0 Å². The minimum absolute atomic E-state index is 0.392. The Bertz CT molecular complexity index is 537. The van der Waals surface area contributed by atoms with Gasteiger partial charge in [-0.1, -0.05) is 0 Å². The molecule has 150 valence electrons. The van der Waals surface area contributed by atoms with Gasteiger partial charge in [0.05, 0.1) is 1.37 Å². The van der Waals surface area contributed by atoms with Crippen LogP contribution in [-0.2, 0) is 47.6 Å². The number of hydrogen-bond donors (Lipinski definition) is 0. The summed E-state index contributed by atoms with van der Waals surface area (Å²) in [6.45, 7) is 3.42. The van der Waals surface area contributed by atoms with Crippen molar-refractivity contribution >= 4 is 23.9 Å². The Morgan fingerprint density at radius 2 is 1.19 bits per heavy atom. The molecule has 0 N–H and O–H groups in total. The molecular weight excluding hydrogens is 352 g/mol. The second kappa shape index (κ2) is 12.2. The molecule has 0 spiro atoms. The fraction of sp³-hybridized carbons (Fsp3) is 0.750. The first-order chi connectivity index (χ1) is 12.5. The first kappa shape index (κ1) is 21.8. The van der Waals surface area contributed by atoms with Gasteiger partial charge in [-0.2, -0.15) is 0 Å². The van der Waals surface area contributed by atoms with Gasteiger partial charge in [0.2, 0.25) is 0 Å². The Hall–Kier alpha value is -2.20. The van der Waals surface area contributed by atoms with E-state index in [1.165, 1.54) is 14.2 Å². The molecule has 0 saturated heterocycles. The highest BCUT2D eigenvalue weighted by Crippen LogP contribution is 2.18. The van der Waals surface area contributed by atoms with Gasteiger partial charge < -0.3 is 28.4 Å². The van der Waals surface area contributed by atoms with E-state index < -0.39 is 61.5 Å². The van der Waals surface area contributed by atoms with Gasteiger partial charge in [-0.05, 0) is 0 Å². The van der Waals surface area contributed by atoms with Crippen molar-refractivity contribution in [2.24, 2.45) is 0 Å². The lowest BCUT2D eigenvalue weighted by Crippen LogP contribution is -2.52. The summed E-state index contributed by atoms with van der Waals surface area (Å²) in [6.07, 6.45) is -5.98. The van der Waals surface area contributed by atoms with Gasteiger partial charge in [-0.25, -0.2) is 0 Å². The average molecular weight is 379 g/mol. The minimum atomic E-state index is -2.22. The van der Waals surface area contributed by atoms with Crippen LogP contribution in [0.1, 0.15) is 29.1 Å². The molecule has 0 aliphatic carbocycles. The second-order valence-electron chi connectivity index (χ2n) is 5.15. The molecule has 4 atom stereocenters. The van der Waals surface area contributed by atoms with Crippen molar-refractivity contribution in [3.05, 3.63) is 0 Å². The monoisotopic (exact) mass is 379 g/mol. The van der Waals surface area contributed by atoms with Gasteiger partial charge in [0.25, 0.3) is 0 Å². The summed E-state index contributed by atoms with van der Waals surface area (Å²) >= 11 is 0. The summed E-state index contributed by atoms with van der Waals surface area (Å²) in [6, 6.07) is 0. The fourth-order valence-electron chi connectivity index (χ4n) is 2.05. The van der Waals surface area contributed by atoms with E-state index in [0.29, 0.717) is 0 Å². The molecule has 0 aromatic carbocycles. The second-order valence-corrected chi connectivity index (χ2v) is 5.15. The Balaban J connectivity index is 5.81. The summed E-state index contributed by atoms with van der Waals surface area (Å²) in [5, 5.41) is 0. The number of methoxy groups -OCH3 is 2. The third-order valence-electron chi connectivity index (χ3n) is 2.97. The zero-order chi connectivity index (χ0) is 21.2. The lowest BCUT2D eigenvalue weighted by molar-refractivity contribution is -0.194. The van der Waals surface area contributed by atoms with Crippen molar-refractivity contribution in [1.82, 2.24) is 0 Å². The van der Waals surface area contributed by atoms with Crippen LogP contribution in [0.5, 0.6) is 0 Å². The van der Waals surface area contributed by atoms with E-state index in [1.807, 2.05) is 0 Å². The average Bonchev–Trinajstić information content (AvgIpc) is 2.53. The highest BCUT2D eigenvalue weighted by molar-refractivity contribution is 5.67. The van der Waals surface area contributed by atoms with Crippen LogP contribution in [0, 0.1) is 0 Å². The highest BCUT2D eigenvalue weighted by atomic mass is 16.6. The first-order valence-electron chi connectivity index (χ1n) is 8.16. The molecule has 10 heteroatoms. The van der Waals surface area contributed by atoms with Gasteiger partial charge in [0.15, 0.2) is 12.2 Å². The molecule has 0 unspecified atom stereocenters. The molecule has 0 heterocycles. The van der Waals surface area contributed by atoms with Crippen LogP contribution in [0.25, 0.3) is 0 Å². The predicted octanol–water partition coefficient (Wildman–Crippen LogP) is 0.00600. The van der Waals surface area contributed by atoms with E-state index in [-0.39, 0.29) is 0 Å². The van der Waals surface area contributed by atoms with Crippen LogP contribution < -0.4 is 0 Å². The zero-order valence-corrected chi connectivity index (χ0v) is 15.7. The molecule has 0 amide bonds. The van der Waals surface area contributed by atoms with E-state index in [9.17, 15) is 19.2 Å². The van der Waals surface area contributed by atoms with Crippen LogP contribution in [0.2, 0.25) is 0 Å². The van der Waals surface area contributed by atoms with Gasteiger partial charge >= 0.3 is 23.9 Å². The van der Waals surface area contributed by atoms with Crippen LogP contribution >= 0.6 is 0 Å². The van der Waals surface area contributed by atoms with Crippen LogP contribution in [0.3, 0.4) is 0 Å². The topological polar surface area (TPSA) is 124 Å². The summed E-state index contributed by atoms with van der Waals surface area (Å²) in [7, 11) is 2.44. The number of hydrogen-bond acceptors (Lipinski definition) is 10. The van der Waals surface area contributed by atoms with Crippen molar-refractivity contribution in [3.63, 3.8) is 0 Å². The maximum Gasteiger partial charge on any atom is 0.303 e. The van der Waals surface area contributed by atoms with Gasteiger partial charge in [0, 0.05) is 41.9 Å². The summed E-state index contributed by atoms with van der Waals surface area (Å²) in [4.78, 5) is 45.1. The highest BCUT2D eigenvalue weighted by Gasteiger charge is 2.40. The molecule has 0 rings (SSSR count). The summed E-state index contributed by atoms with van der Waals surface area (Å²) in [5.74, 6) is -2.88. The molecule has 0 aliphatic rings. The lowest BCUT2D eigenvalue weighted by atomic mass is 10.0. The van der Waals surface area contributed by atoms with Crippen molar-refractivity contribution in [1.29, 1.82) is 0 Å². The number of carbonyl (C=O) groups is 4. The number of rotatable bonds is 11. The van der Waals surface area contributed by atoms with Crippen LogP contribution in [0.4, 0.5) is 0 Å². The van der Waals surface area contributed by atoms with Gasteiger partial charge in [0.1, 0.15) is 25.4 Å². The molecule has 0 aromatic heterocycles. The predicted molar refractivity (Wildman–Crippen MR) is 86.0 cm³/mol. The molecular formula is C16H26O10. The fourth-order valence-corrected chi connectivity index (χ4v) is 2.05. The van der Waals surface area contributed by atoms with E-state index in [0.717, 1.165) is 27.7 Å². The molecule has 0 bridgehead atoms. The van der Waals surface area contributed by atoms with Gasteiger partial charge in [-0.3, -0.25) is 19.2 Å². The quantitative estimate of drug-likeness (QED) is 0.358. The van der Waals surface area contributed by atoms with E-state index in [1.54, 1.807) is 0 Å². The standard InChI is InChI=1S/C16H26O10/c1-9(17)23-7-13(25-11(3)19)15(21-5)16(22-6)14(26-12(4)20)8-24-10(2)18/h13-16H,7-8H2,1-6H3/t13-,14-,15-,16-/m1/s1/i13D. The summed E-state index contributed by atoms with van der Waals surface area (Å²) in [5.41, 5.74) is 0.